The number of aliphatic hydroxyl groups is 1. The quantitative estimate of drug-likeness (QED) is 0.0374. The van der Waals surface area contributed by atoms with Crippen LogP contribution in [0.5, 0.6) is 17.2 Å². The second kappa shape index (κ2) is 22.1. The van der Waals surface area contributed by atoms with E-state index in [2.05, 4.69) is 51.8 Å². The van der Waals surface area contributed by atoms with Crippen LogP contribution in [-0.2, 0) is 29.4 Å². The first-order valence-electron chi connectivity index (χ1n) is 23.0. The minimum absolute atomic E-state index is 0.0104. The Kier molecular flexibility index (Phi) is 16.2. The Labute approximate surface area is 404 Å². The van der Waals surface area contributed by atoms with Crippen LogP contribution in [0.3, 0.4) is 0 Å². The van der Waals surface area contributed by atoms with Gasteiger partial charge < -0.3 is 33.1 Å². The maximum atomic E-state index is 13.6. The molecule has 1 fully saturated rings. The molecular weight excluding hydrogens is 898 g/mol. The minimum atomic E-state index is -1.84. The number of fused-ring (bicyclic) bond motifs is 1. The van der Waals surface area contributed by atoms with Crippen molar-refractivity contribution in [3.05, 3.63) is 142 Å². The number of methoxy groups -OCH3 is 2. The minimum Gasteiger partial charge on any atom is -0.497 e. The van der Waals surface area contributed by atoms with Gasteiger partial charge in [0.05, 0.1) is 51.2 Å². The van der Waals surface area contributed by atoms with Gasteiger partial charge in [-0.25, -0.2) is 9.65 Å². The molecule has 0 aliphatic carbocycles. The third-order valence-electron chi connectivity index (χ3n) is 12.2. The van der Waals surface area contributed by atoms with Crippen molar-refractivity contribution in [1.82, 2.24) is 24.2 Å². The Morgan fingerprint density at radius 2 is 1.46 bits per heavy atom. The molecular formula is C52H62N7O9P. The zero-order valence-electron chi connectivity index (χ0n) is 40.6. The molecule has 0 radical (unpaired) electrons. The van der Waals surface area contributed by atoms with Crippen LogP contribution in [0.4, 0.5) is 5.95 Å². The second-order valence-electron chi connectivity index (χ2n) is 18.4. The largest absolute Gasteiger partial charge is 0.497 e. The number of nitrogens with one attached hydrogen (secondary N) is 2. The number of benzene rings is 4. The third-order valence-corrected chi connectivity index (χ3v) is 14.3. The van der Waals surface area contributed by atoms with Crippen molar-refractivity contribution >= 4 is 31.5 Å². The standard InChI is InChI=1S/C52H62N7O9P/c1-33(2)59(34(3)4)69(66-29-13-28-53)68-42-30-44(58-32-54-45-48(58)56-50(57-49(45)62)55-43(60)31-65-41-26-16-35(17-27-41)51(5,6)7)67-46(42)47(61)52(36-14-11-10-12-15-36,37-18-22-39(63-8)23-19-37)38-20-24-40(64-9)25-21-38/h10-12,14-27,32-34,42,44,46-47,61H,13,29-31H2,1-9H3,(H2,55,56,57,60,62)/t42-,44+,46-,47?,69?/m0/s1. The Morgan fingerprint density at radius 3 is 2.01 bits per heavy atom. The molecule has 1 saturated heterocycles. The molecule has 6 aromatic rings. The number of H-pyrrole nitrogens is 1. The highest BCUT2D eigenvalue weighted by atomic mass is 31.2. The lowest BCUT2D eigenvalue weighted by atomic mass is 9.64. The Balaban J connectivity index is 1.31. The number of carbonyl (C=O) groups excluding carboxylic acids is 1. The van der Waals surface area contributed by atoms with Gasteiger partial charge >= 0.3 is 0 Å². The fourth-order valence-corrected chi connectivity index (χ4v) is 10.6. The van der Waals surface area contributed by atoms with E-state index in [4.69, 9.17) is 28.0 Å². The summed E-state index contributed by atoms with van der Waals surface area (Å²) in [4.78, 5) is 38.5. The van der Waals surface area contributed by atoms with Crippen LogP contribution in [0.25, 0.3) is 11.2 Å². The summed E-state index contributed by atoms with van der Waals surface area (Å²) in [6.07, 6.45) is -2.47. The first-order valence-corrected chi connectivity index (χ1v) is 24.1. The van der Waals surface area contributed by atoms with Crippen molar-refractivity contribution < 1.29 is 37.9 Å². The van der Waals surface area contributed by atoms with Gasteiger partial charge in [0.2, 0.25) is 5.95 Å². The van der Waals surface area contributed by atoms with Gasteiger partial charge in [-0.1, -0.05) is 87.5 Å². The molecule has 0 saturated carbocycles. The number of hydrogen-bond donors (Lipinski definition) is 3. The van der Waals surface area contributed by atoms with Crippen molar-refractivity contribution in [1.29, 1.82) is 5.26 Å². The lowest BCUT2D eigenvalue weighted by Gasteiger charge is -2.44. The van der Waals surface area contributed by atoms with Crippen LogP contribution in [0.15, 0.2) is 114 Å². The smallest absolute Gasteiger partial charge is 0.280 e. The maximum Gasteiger partial charge on any atom is 0.280 e. The molecule has 2 aromatic heterocycles. The topological polar surface area (TPSA) is 195 Å². The Hall–Kier alpha value is -6.18. The molecule has 3 N–H and O–H groups in total. The number of carbonyl (C=O) groups is 1. The zero-order chi connectivity index (χ0) is 49.5. The van der Waals surface area contributed by atoms with E-state index in [0.717, 1.165) is 22.3 Å². The summed E-state index contributed by atoms with van der Waals surface area (Å²) in [5.74, 6) is 1.12. The lowest BCUT2D eigenvalue weighted by Crippen LogP contribution is -2.52. The molecule has 0 bridgehead atoms. The van der Waals surface area contributed by atoms with Gasteiger partial charge in [-0.3, -0.25) is 24.5 Å². The van der Waals surface area contributed by atoms with Gasteiger partial charge in [0.1, 0.15) is 35.7 Å². The summed E-state index contributed by atoms with van der Waals surface area (Å²) in [5.41, 5.74) is 1.58. The van der Waals surface area contributed by atoms with E-state index in [-0.39, 0.29) is 60.7 Å². The Bertz CT molecular complexity index is 2680. The molecule has 4 aromatic carbocycles. The number of rotatable bonds is 20. The summed E-state index contributed by atoms with van der Waals surface area (Å²) >= 11 is 0. The van der Waals surface area contributed by atoms with Gasteiger partial charge in [0, 0.05) is 18.5 Å². The van der Waals surface area contributed by atoms with E-state index in [9.17, 15) is 20.0 Å². The van der Waals surface area contributed by atoms with Crippen molar-refractivity contribution in [2.24, 2.45) is 0 Å². The number of aliphatic hydroxyl groups excluding tert-OH is 1. The highest BCUT2D eigenvalue weighted by molar-refractivity contribution is 7.44. The molecule has 1 amide bonds. The number of anilines is 1. The number of imidazole rings is 1. The normalized spacial score (nSPS) is 17.2. The van der Waals surface area contributed by atoms with E-state index >= 15 is 0 Å². The van der Waals surface area contributed by atoms with E-state index in [1.165, 1.54) is 6.33 Å². The van der Waals surface area contributed by atoms with E-state index < -0.39 is 49.9 Å². The highest BCUT2D eigenvalue weighted by Crippen LogP contribution is 2.53. The molecule has 5 atom stereocenters. The van der Waals surface area contributed by atoms with Crippen LogP contribution >= 0.6 is 8.53 Å². The van der Waals surface area contributed by atoms with E-state index in [1.54, 1.807) is 18.8 Å². The summed E-state index contributed by atoms with van der Waals surface area (Å²) < 4.78 is 41.3. The van der Waals surface area contributed by atoms with Crippen molar-refractivity contribution in [2.45, 2.75) is 109 Å². The molecule has 7 rings (SSSR count). The third kappa shape index (κ3) is 11.2. The van der Waals surface area contributed by atoms with Crippen LogP contribution in [0.1, 0.15) is 89.8 Å². The molecule has 2 unspecified atom stereocenters. The van der Waals surface area contributed by atoms with Crippen LogP contribution in [-0.4, -0.2) is 93.0 Å². The van der Waals surface area contributed by atoms with Crippen LogP contribution < -0.4 is 25.1 Å². The average Bonchev–Trinajstić information content (AvgIpc) is 3.96. The van der Waals surface area contributed by atoms with Gasteiger partial charge in [0.25, 0.3) is 20.0 Å². The predicted molar refractivity (Wildman–Crippen MR) is 264 cm³/mol. The lowest BCUT2D eigenvalue weighted by molar-refractivity contribution is -0.118. The molecule has 17 heteroatoms. The van der Waals surface area contributed by atoms with Crippen molar-refractivity contribution in [3.63, 3.8) is 0 Å². The van der Waals surface area contributed by atoms with Crippen molar-refractivity contribution in [2.75, 3.05) is 32.8 Å². The molecule has 16 nitrogen and oxygen atoms in total. The first kappa shape index (κ1) is 50.7. The summed E-state index contributed by atoms with van der Waals surface area (Å²) in [6, 6.07) is 34.5. The highest BCUT2D eigenvalue weighted by Gasteiger charge is 2.54. The fraction of sp³-hybridized carbons (Fsp3) is 0.404. The second-order valence-corrected chi connectivity index (χ2v) is 19.8. The SMILES string of the molecule is COc1ccc(C(c2ccccc2)(c2ccc(OC)cc2)C(O)[C@H]2O[C@@H](n3cnc4c(=O)[nH]c(NC(=O)COc5ccc(C(C)(C)C)cc5)nc43)C[C@@H]2OP(OCCC#N)N(C(C)C)C(C)C)cc1. The van der Waals surface area contributed by atoms with E-state index in [1.807, 2.05) is 131 Å². The van der Waals surface area contributed by atoms with Gasteiger partial charge in [-0.05, 0) is 91.8 Å². The number of hydrogen-bond acceptors (Lipinski definition) is 13. The number of ether oxygens (including phenoxy) is 4. The molecule has 3 heterocycles. The number of nitriles is 1. The van der Waals surface area contributed by atoms with Crippen molar-refractivity contribution in [3.8, 4) is 23.3 Å². The summed E-state index contributed by atoms with van der Waals surface area (Å²) in [6.45, 7) is 14.3. The molecule has 69 heavy (non-hydrogen) atoms. The predicted octanol–water partition coefficient (Wildman–Crippen LogP) is 8.80. The van der Waals surface area contributed by atoms with Gasteiger partial charge in [-0.15, -0.1) is 0 Å². The maximum absolute atomic E-state index is 13.6. The molecule has 364 valence electrons. The van der Waals surface area contributed by atoms with E-state index in [0.29, 0.717) is 17.2 Å². The number of aromatic amines is 1. The fourth-order valence-electron chi connectivity index (χ4n) is 8.86. The van der Waals surface area contributed by atoms with Gasteiger partial charge in [-0.2, -0.15) is 10.2 Å². The molecule has 1 aliphatic rings. The summed E-state index contributed by atoms with van der Waals surface area (Å²) in [5, 5.41) is 25.8. The zero-order valence-corrected chi connectivity index (χ0v) is 41.5. The van der Waals surface area contributed by atoms with Crippen LogP contribution in [0, 0.1) is 11.3 Å². The number of nitrogens with zero attached hydrogens (tertiary/aromatic N) is 5. The summed E-state index contributed by atoms with van der Waals surface area (Å²) in [7, 11) is 1.35. The van der Waals surface area contributed by atoms with Gasteiger partial charge in [0.15, 0.2) is 17.8 Å². The average molecular weight is 960 g/mol. The number of aromatic nitrogens is 4. The first-order chi connectivity index (χ1) is 33.1. The number of amides is 1. The van der Waals surface area contributed by atoms with Crippen LogP contribution in [0.2, 0.25) is 0 Å². The molecule has 0 spiro atoms. The monoisotopic (exact) mass is 959 g/mol. The molecule has 1 aliphatic heterocycles. The Morgan fingerprint density at radius 1 is 0.899 bits per heavy atom.